The highest BCUT2D eigenvalue weighted by Crippen LogP contribution is 2.27. The maximum atomic E-state index is 12.6. The molecule has 0 spiro atoms. The third-order valence-electron chi connectivity index (χ3n) is 4.54. The number of aromatic nitrogens is 2. The summed E-state index contributed by atoms with van der Waals surface area (Å²) in [5.74, 6) is 2.01. The van der Waals surface area contributed by atoms with Crippen LogP contribution in [0.25, 0.3) is 0 Å². The largest absolute Gasteiger partial charge is 0.493 e. The van der Waals surface area contributed by atoms with Gasteiger partial charge in [-0.25, -0.2) is 9.97 Å². The van der Waals surface area contributed by atoms with Crippen LogP contribution in [0, 0.1) is 5.92 Å². The van der Waals surface area contributed by atoms with Crippen LogP contribution in [0.4, 0.5) is 5.95 Å². The molecule has 1 aliphatic rings. The molecule has 1 aromatic heterocycles. The molecule has 1 aromatic carbocycles. The summed E-state index contributed by atoms with van der Waals surface area (Å²) in [6.07, 6.45) is 5.28. The molecule has 0 saturated carbocycles. The van der Waals surface area contributed by atoms with Gasteiger partial charge in [-0.15, -0.1) is 0 Å². The molecule has 0 radical (unpaired) electrons. The fourth-order valence-electron chi connectivity index (χ4n) is 3.15. The summed E-state index contributed by atoms with van der Waals surface area (Å²) < 4.78 is 10.5. The number of nitrogens with zero attached hydrogens (tertiary/aromatic N) is 3. The SMILES string of the molecule is COc1ccc(CNC(=O)[C@H]2CCCN(c3ncccn3)C2)cc1OC. The van der Waals surface area contributed by atoms with E-state index in [9.17, 15) is 4.79 Å². The molecule has 1 aliphatic heterocycles. The van der Waals surface area contributed by atoms with Crippen molar-refractivity contribution in [3.8, 4) is 11.5 Å². The van der Waals surface area contributed by atoms with Crippen molar-refractivity contribution in [3.63, 3.8) is 0 Å². The maximum Gasteiger partial charge on any atom is 0.225 e. The molecule has 0 aliphatic carbocycles. The van der Waals surface area contributed by atoms with Gasteiger partial charge in [0, 0.05) is 32.0 Å². The van der Waals surface area contributed by atoms with Crippen molar-refractivity contribution in [2.75, 3.05) is 32.2 Å². The van der Waals surface area contributed by atoms with Crippen LogP contribution in [0.15, 0.2) is 36.7 Å². The van der Waals surface area contributed by atoms with E-state index in [2.05, 4.69) is 20.2 Å². The Kier molecular flexibility index (Phi) is 5.88. The van der Waals surface area contributed by atoms with E-state index in [1.54, 1.807) is 32.7 Å². The lowest BCUT2D eigenvalue weighted by Crippen LogP contribution is -2.43. The topological polar surface area (TPSA) is 76.6 Å². The molecule has 2 heterocycles. The van der Waals surface area contributed by atoms with Crippen LogP contribution in [-0.4, -0.2) is 43.2 Å². The Labute approximate surface area is 153 Å². The van der Waals surface area contributed by atoms with Gasteiger partial charge in [-0.3, -0.25) is 4.79 Å². The van der Waals surface area contributed by atoms with Crippen molar-refractivity contribution in [2.45, 2.75) is 19.4 Å². The first kappa shape index (κ1) is 18.0. The fraction of sp³-hybridized carbons (Fsp3) is 0.421. The van der Waals surface area contributed by atoms with Crippen molar-refractivity contribution in [2.24, 2.45) is 5.92 Å². The Morgan fingerprint density at radius 2 is 2.00 bits per heavy atom. The molecular formula is C19H24N4O3. The average molecular weight is 356 g/mol. The molecule has 1 N–H and O–H groups in total. The lowest BCUT2D eigenvalue weighted by atomic mass is 9.97. The van der Waals surface area contributed by atoms with E-state index in [-0.39, 0.29) is 11.8 Å². The minimum absolute atomic E-state index is 0.0559. The van der Waals surface area contributed by atoms with Gasteiger partial charge in [0.1, 0.15) is 0 Å². The van der Waals surface area contributed by atoms with Crippen LogP contribution in [-0.2, 0) is 11.3 Å². The highest BCUT2D eigenvalue weighted by molar-refractivity contribution is 5.79. The molecule has 0 bridgehead atoms. The molecule has 7 heteroatoms. The van der Waals surface area contributed by atoms with Gasteiger partial charge >= 0.3 is 0 Å². The van der Waals surface area contributed by atoms with Gasteiger partial charge in [0.2, 0.25) is 11.9 Å². The molecule has 1 amide bonds. The van der Waals surface area contributed by atoms with Crippen molar-refractivity contribution >= 4 is 11.9 Å². The summed E-state index contributed by atoms with van der Waals surface area (Å²) in [6, 6.07) is 7.44. The first-order chi connectivity index (χ1) is 12.7. The second kappa shape index (κ2) is 8.51. The highest BCUT2D eigenvalue weighted by Gasteiger charge is 2.26. The molecule has 2 aromatic rings. The van der Waals surface area contributed by atoms with Gasteiger partial charge in [0.05, 0.1) is 20.1 Å². The number of piperidine rings is 1. The number of carbonyl (C=O) groups excluding carboxylic acids is 1. The number of hydrogen-bond acceptors (Lipinski definition) is 6. The van der Waals surface area contributed by atoms with Gasteiger partial charge in [-0.1, -0.05) is 6.07 Å². The normalized spacial score (nSPS) is 16.8. The van der Waals surface area contributed by atoms with Crippen LogP contribution in [0.5, 0.6) is 11.5 Å². The van der Waals surface area contributed by atoms with Crippen LogP contribution in [0.2, 0.25) is 0 Å². The lowest BCUT2D eigenvalue weighted by Gasteiger charge is -2.31. The van der Waals surface area contributed by atoms with Gasteiger partial charge in [-0.05, 0) is 36.6 Å². The lowest BCUT2D eigenvalue weighted by molar-refractivity contribution is -0.125. The van der Waals surface area contributed by atoms with Crippen LogP contribution >= 0.6 is 0 Å². The molecule has 26 heavy (non-hydrogen) atoms. The van der Waals surface area contributed by atoms with E-state index in [0.717, 1.165) is 24.9 Å². The van der Waals surface area contributed by atoms with Crippen molar-refractivity contribution in [1.82, 2.24) is 15.3 Å². The summed E-state index contributed by atoms with van der Waals surface area (Å²) in [5, 5.41) is 3.03. The second-order valence-corrected chi connectivity index (χ2v) is 6.24. The zero-order chi connectivity index (χ0) is 18.4. The molecule has 1 atom stereocenters. The van der Waals surface area contributed by atoms with Gasteiger partial charge in [0.15, 0.2) is 11.5 Å². The number of methoxy groups -OCH3 is 2. The number of carbonyl (C=O) groups is 1. The minimum atomic E-state index is -0.0623. The number of nitrogens with one attached hydrogen (secondary N) is 1. The molecule has 138 valence electrons. The van der Waals surface area contributed by atoms with Crippen LogP contribution in [0.3, 0.4) is 0 Å². The van der Waals surface area contributed by atoms with E-state index in [0.29, 0.717) is 30.5 Å². The van der Waals surface area contributed by atoms with Crippen LogP contribution in [0.1, 0.15) is 18.4 Å². The Morgan fingerprint density at radius 3 is 2.73 bits per heavy atom. The fourth-order valence-corrected chi connectivity index (χ4v) is 3.15. The van der Waals surface area contributed by atoms with Crippen molar-refractivity contribution in [3.05, 3.63) is 42.2 Å². The number of ether oxygens (including phenoxy) is 2. The van der Waals surface area contributed by atoms with E-state index < -0.39 is 0 Å². The molecule has 1 saturated heterocycles. The summed E-state index contributed by atoms with van der Waals surface area (Å²) in [6.45, 7) is 1.97. The quantitative estimate of drug-likeness (QED) is 0.853. The molecular weight excluding hydrogens is 332 g/mol. The smallest absolute Gasteiger partial charge is 0.225 e. The zero-order valence-electron chi connectivity index (χ0n) is 15.1. The summed E-state index contributed by atoms with van der Waals surface area (Å²) in [7, 11) is 3.20. The van der Waals surface area contributed by atoms with Gasteiger partial charge < -0.3 is 19.7 Å². The van der Waals surface area contributed by atoms with E-state index in [1.165, 1.54) is 0 Å². The monoisotopic (exact) mass is 356 g/mol. The Hall–Kier alpha value is -2.83. The number of anilines is 1. The highest BCUT2D eigenvalue weighted by atomic mass is 16.5. The Bertz CT molecular complexity index is 739. The number of rotatable bonds is 6. The Morgan fingerprint density at radius 1 is 1.23 bits per heavy atom. The second-order valence-electron chi connectivity index (χ2n) is 6.24. The van der Waals surface area contributed by atoms with E-state index >= 15 is 0 Å². The third-order valence-corrected chi connectivity index (χ3v) is 4.54. The number of hydrogen-bond donors (Lipinski definition) is 1. The predicted octanol–water partition coefficient (Wildman–Crippen LogP) is 2.03. The molecule has 1 fully saturated rings. The summed E-state index contributed by atoms with van der Waals surface area (Å²) in [4.78, 5) is 23.2. The summed E-state index contributed by atoms with van der Waals surface area (Å²) >= 11 is 0. The van der Waals surface area contributed by atoms with Gasteiger partial charge in [0.25, 0.3) is 0 Å². The standard InChI is InChI=1S/C19H24N4O3/c1-25-16-7-6-14(11-17(16)26-2)12-22-18(24)15-5-3-10-23(13-15)19-20-8-4-9-21-19/h4,6-9,11,15H,3,5,10,12-13H2,1-2H3,(H,22,24)/t15-/m0/s1. The number of benzene rings is 1. The van der Waals surface area contributed by atoms with Crippen LogP contribution < -0.4 is 19.7 Å². The van der Waals surface area contributed by atoms with Crippen molar-refractivity contribution < 1.29 is 14.3 Å². The minimum Gasteiger partial charge on any atom is -0.493 e. The molecule has 0 unspecified atom stereocenters. The number of amides is 1. The predicted molar refractivity (Wildman–Crippen MR) is 98.4 cm³/mol. The Balaban J connectivity index is 1.58. The third kappa shape index (κ3) is 4.22. The van der Waals surface area contributed by atoms with Gasteiger partial charge in [-0.2, -0.15) is 0 Å². The zero-order valence-corrected chi connectivity index (χ0v) is 15.1. The first-order valence-electron chi connectivity index (χ1n) is 8.72. The van der Waals surface area contributed by atoms with E-state index in [1.807, 2.05) is 18.2 Å². The average Bonchev–Trinajstić information content (AvgIpc) is 2.72. The molecule has 7 nitrogen and oxygen atoms in total. The summed E-state index contributed by atoms with van der Waals surface area (Å²) in [5.41, 5.74) is 0.968. The first-order valence-corrected chi connectivity index (χ1v) is 8.72. The maximum absolute atomic E-state index is 12.6. The molecule has 3 rings (SSSR count). The van der Waals surface area contributed by atoms with E-state index in [4.69, 9.17) is 9.47 Å². The van der Waals surface area contributed by atoms with Crippen molar-refractivity contribution in [1.29, 1.82) is 0 Å².